The molecule has 0 radical (unpaired) electrons. The van der Waals surface area contributed by atoms with Gasteiger partial charge in [-0.2, -0.15) is 0 Å². The minimum Gasteiger partial charge on any atom is -0.481 e. The molecule has 2 aliphatic heterocycles. The van der Waals surface area contributed by atoms with E-state index in [9.17, 15) is 13.2 Å². The molecule has 0 atom stereocenters. The van der Waals surface area contributed by atoms with Crippen LogP contribution in [0, 0.1) is 29.4 Å². The summed E-state index contributed by atoms with van der Waals surface area (Å²) in [5.41, 5.74) is 0.507. The number of nitrogens with one attached hydrogen (secondary N) is 1. The van der Waals surface area contributed by atoms with Crippen LogP contribution in [0.1, 0.15) is 5.69 Å². The molecule has 1 N–H and O–H groups in total. The number of hydrogen-bond acceptors (Lipinski definition) is 6. The molecule has 2 fully saturated rings. The molecule has 6 nitrogen and oxygen atoms in total. The van der Waals surface area contributed by atoms with Gasteiger partial charge >= 0.3 is 0 Å². The van der Waals surface area contributed by atoms with Gasteiger partial charge in [-0.15, -0.1) is 0 Å². The van der Waals surface area contributed by atoms with Crippen LogP contribution in [0.2, 0.25) is 0 Å². The topological polar surface area (TPSA) is 59.5 Å². The fourth-order valence-electron chi connectivity index (χ4n) is 2.54. The summed E-state index contributed by atoms with van der Waals surface area (Å²) in [6.07, 6.45) is 1.07. The molecule has 0 bridgehead atoms. The number of benzene rings is 1. The molecule has 0 aliphatic carbocycles. The van der Waals surface area contributed by atoms with Crippen molar-refractivity contribution >= 4 is 0 Å². The van der Waals surface area contributed by atoms with Gasteiger partial charge in [-0.25, -0.2) is 23.1 Å². The van der Waals surface area contributed by atoms with Crippen molar-refractivity contribution < 1.29 is 22.6 Å². The Morgan fingerprint density at radius 3 is 2.41 bits per heavy atom. The molecule has 27 heavy (non-hydrogen) atoms. The van der Waals surface area contributed by atoms with E-state index in [2.05, 4.69) is 27.2 Å². The molecule has 0 saturated carbocycles. The Labute approximate surface area is 153 Å². The zero-order valence-electron chi connectivity index (χ0n) is 14.1. The van der Waals surface area contributed by atoms with E-state index < -0.39 is 29.3 Å². The third-order valence-corrected chi connectivity index (χ3v) is 4.11. The third-order valence-electron chi connectivity index (χ3n) is 4.11. The molecule has 2 aromatic rings. The molecule has 2 saturated heterocycles. The maximum Gasteiger partial charge on any atom is 0.217 e. The van der Waals surface area contributed by atoms with Crippen molar-refractivity contribution in [2.45, 2.75) is 12.2 Å². The van der Waals surface area contributed by atoms with Crippen LogP contribution in [0.5, 0.6) is 11.6 Å². The lowest BCUT2D eigenvalue weighted by Crippen LogP contribution is -2.51. The van der Waals surface area contributed by atoms with Crippen molar-refractivity contribution in [1.82, 2.24) is 20.2 Å². The van der Waals surface area contributed by atoms with Gasteiger partial charge < -0.3 is 19.7 Å². The average molecular weight is 376 g/mol. The maximum atomic E-state index is 13.6. The van der Waals surface area contributed by atoms with Gasteiger partial charge in [0.05, 0.1) is 13.1 Å². The number of nitrogens with zero attached hydrogens (tertiary/aromatic N) is 3. The van der Waals surface area contributed by atoms with E-state index in [0.29, 0.717) is 36.8 Å². The van der Waals surface area contributed by atoms with Gasteiger partial charge in [0, 0.05) is 37.3 Å². The van der Waals surface area contributed by atoms with Crippen molar-refractivity contribution in [1.29, 1.82) is 0 Å². The van der Waals surface area contributed by atoms with Gasteiger partial charge in [0.15, 0.2) is 17.4 Å². The maximum absolute atomic E-state index is 13.6. The van der Waals surface area contributed by atoms with Crippen LogP contribution in [-0.4, -0.2) is 53.3 Å². The lowest BCUT2D eigenvalue weighted by molar-refractivity contribution is 0.0536. The average Bonchev–Trinajstić information content (AvgIpc) is 2.55. The predicted octanol–water partition coefficient (Wildman–Crippen LogP) is 1.32. The van der Waals surface area contributed by atoms with Crippen LogP contribution in [0.3, 0.4) is 0 Å². The molecular formula is C18H15F3N4O2. The van der Waals surface area contributed by atoms with E-state index >= 15 is 0 Å². The Morgan fingerprint density at radius 1 is 1.00 bits per heavy atom. The first kappa shape index (κ1) is 17.4. The van der Waals surface area contributed by atoms with Gasteiger partial charge in [0.2, 0.25) is 5.88 Å². The number of aromatic nitrogens is 2. The lowest BCUT2D eigenvalue weighted by Gasteiger charge is -2.36. The standard InChI is InChI=1S/C18H15F3N4O2/c19-11-3-15(20)18(16(21)4-11)27-14-8-25(9-14)2-1-12-5-17(24-10-23-12)26-13-6-22-7-13/h3-5,10,13-14,22H,6-9H2. The van der Waals surface area contributed by atoms with E-state index in [1.54, 1.807) is 11.0 Å². The molecule has 140 valence electrons. The van der Waals surface area contributed by atoms with Gasteiger partial charge in [-0.05, 0) is 5.92 Å². The fraction of sp³-hybridized carbons (Fsp3) is 0.333. The van der Waals surface area contributed by atoms with Crippen molar-refractivity contribution in [2.24, 2.45) is 0 Å². The Balaban J connectivity index is 1.32. The first-order valence-electron chi connectivity index (χ1n) is 8.34. The van der Waals surface area contributed by atoms with Crippen molar-refractivity contribution in [3.8, 4) is 23.6 Å². The van der Waals surface area contributed by atoms with Crippen LogP contribution in [-0.2, 0) is 0 Å². The van der Waals surface area contributed by atoms with Crippen LogP contribution < -0.4 is 14.8 Å². The molecule has 0 unspecified atom stereocenters. The minimum absolute atomic E-state index is 0.112. The van der Waals surface area contributed by atoms with E-state index in [0.717, 1.165) is 13.1 Å². The fourth-order valence-corrected chi connectivity index (χ4v) is 2.54. The molecule has 3 heterocycles. The number of likely N-dealkylation sites (tertiary alicyclic amines) is 1. The van der Waals surface area contributed by atoms with E-state index in [-0.39, 0.29) is 6.10 Å². The summed E-state index contributed by atoms with van der Waals surface area (Å²) >= 11 is 0. The molecular weight excluding hydrogens is 361 g/mol. The second-order valence-electron chi connectivity index (χ2n) is 6.22. The summed E-state index contributed by atoms with van der Waals surface area (Å²) in [5, 5.41) is 3.10. The monoisotopic (exact) mass is 376 g/mol. The highest BCUT2D eigenvalue weighted by Crippen LogP contribution is 2.25. The van der Waals surface area contributed by atoms with Crippen LogP contribution in [0.15, 0.2) is 24.5 Å². The van der Waals surface area contributed by atoms with Crippen LogP contribution >= 0.6 is 0 Å². The Bertz CT molecular complexity index is 882. The third kappa shape index (κ3) is 4.06. The SMILES string of the molecule is Fc1cc(F)c(OC2CN(C#Cc3cc(OC4CNC4)ncn3)C2)c(F)c1. The van der Waals surface area contributed by atoms with Crippen LogP contribution in [0.4, 0.5) is 13.2 Å². The van der Waals surface area contributed by atoms with E-state index in [1.807, 2.05) is 0 Å². The van der Waals surface area contributed by atoms with Gasteiger partial charge in [-0.3, -0.25) is 0 Å². The van der Waals surface area contributed by atoms with E-state index in [4.69, 9.17) is 9.47 Å². The summed E-state index contributed by atoms with van der Waals surface area (Å²) < 4.78 is 51.0. The summed E-state index contributed by atoms with van der Waals surface area (Å²) in [6.45, 7) is 2.31. The first-order valence-corrected chi connectivity index (χ1v) is 8.34. The number of ether oxygens (including phenoxy) is 2. The normalized spacial score (nSPS) is 16.8. The Kier molecular flexibility index (Phi) is 4.73. The highest BCUT2D eigenvalue weighted by atomic mass is 19.1. The summed E-state index contributed by atoms with van der Waals surface area (Å²) in [6, 6.07) is 5.72. The summed E-state index contributed by atoms with van der Waals surface area (Å²) in [5.74, 6) is -0.331. The van der Waals surface area contributed by atoms with Crippen molar-refractivity contribution in [3.63, 3.8) is 0 Å². The highest BCUT2D eigenvalue weighted by molar-refractivity contribution is 5.31. The summed E-state index contributed by atoms with van der Waals surface area (Å²) in [7, 11) is 0. The number of rotatable bonds is 4. The van der Waals surface area contributed by atoms with Gasteiger partial charge in [-0.1, -0.05) is 0 Å². The number of hydrogen-bond donors (Lipinski definition) is 1. The highest BCUT2D eigenvalue weighted by Gasteiger charge is 2.29. The summed E-state index contributed by atoms with van der Waals surface area (Å²) in [4.78, 5) is 9.83. The van der Waals surface area contributed by atoms with Crippen LogP contribution in [0.25, 0.3) is 0 Å². The zero-order chi connectivity index (χ0) is 18.8. The first-order chi connectivity index (χ1) is 13.1. The predicted molar refractivity (Wildman–Crippen MR) is 88.5 cm³/mol. The molecule has 2 aliphatic rings. The van der Waals surface area contributed by atoms with Crippen molar-refractivity contribution in [3.05, 3.63) is 47.7 Å². The lowest BCUT2D eigenvalue weighted by atomic mass is 10.2. The molecule has 4 rings (SSSR count). The Morgan fingerprint density at radius 2 is 1.74 bits per heavy atom. The largest absolute Gasteiger partial charge is 0.481 e. The van der Waals surface area contributed by atoms with Crippen molar-refractivity contribution in [2.75, 3.05) is 26.2 Å². The number of halogens is 3. The smallest absolute Gasteiger partial charge is 0.217 e. The second kappa shape index (κ2) is 7.32. The zero-order valence-corrected chi connectivity index (χ0v) is 14.1. The Hall–Kier alpha value is -2.99. The second-order valence-corrected chi connectivity index (χ2v) is 6.22. The molecule has 1 aromatic heterocycles. The molecule has 0 amide bonds. The molecule has 0 spiro atoms. The molecule has 9 heteroatoms. The van der Waals surface area contributed by atoms with Gasteiger partial charge in [0.25, 0.3) is 0 Å². The minimum atomic E-state index is -1.06. The quantitative estimate of drug-likeness (QED) is 0.813. The molecule has 1 aromatic carbocycles. The van der Waals surface area contributed by atoms with E-state index in [1.165, 1.54) is 6.33 Å². The van der Waals surface area contributed by atoms with Gasteiger partial charge in [0.1, 0.15) is 30.0 Å².